The van der Waals surface area contributed by atoms with Gasteiger partial charge in [-0.05, 0) is 48.4 Å². The number of nitrogens with zero attached hydrogens (tertiary/aromatic N) is 1. The lowest BCUT2D eigenvalue weighted by Crippen LogP contribution is -1.98. The minimum absolute atomic E-state index is 0.0972. The Kier molecular flexibility index (Phi) is 4.72. The van der Waals surface area contributed by atoms with Crippen molar-refractivity contribution in [3.8, 4) is 22.8 Å². The molecule has 6 heteroatoms. The second-order valence-corrected chi connectivity index (χ2v) is 6.59. The van der Waals surface area contributed by atoms with E-state index in [1.807, 2.05) is 30.5 Å². The van der Waals surface area contributed by atoms with E-state index in [1.165, 1.54) is 23.5 Å². The van der Waals surface area contributed by atoms with E-state index >= 15 is 0 Å². The molecule has 5 nitrogen and oxygen atoms in total. The van der Waals surface area contributed by atoms with Gasteiger partial charge in [0.15, 0.2) is 0 Å². The van der Waals surface area contributed by atoms with Crippen LogP contribution in [0.25, 0.3) is 11.3 Å². The molecule has 1 heterocycles. The van der Waals surface area contributed by atoms with Crippen LogP contribution in [0.4, 0.5) is 0 Å². The summed E-state index contributed by atoms with van der Waals surface area (Å²) in [6.07, 6.45) is 0.514. The number of rotatable bonds is 5. The average Bonchev–Trinajstić information content (AvgIpc) is 3.04. The Hall–Kier alpha value is -2.86. The third-order valence-electron chi connectivity index (χ3n) is 3.89. The summed E-state index contributed by atoms with van der Waals surface area (Å²) < 4.78 is 5.27. The molecule has 0 bridgehead atoms. The Morgan fingerprint density at radius 3 is 2.72 bits per heavy atom. The van der Waals surface area contributed by atoms with Crippen molar-refractivity contribution in [3.63, 3.8) is 0 Å². The zero-order valence-corrected chi connectivity index (χ0v) is 14.6. The molecule has 128 valence electrons. The lowest BCUT2D eigenvalue weighted by molar-refractivity contribution is 0.0693. The zero-order valence-electron chi connectivity index (χ0n) is 13.8. The highest BCUT2D eigenvalue weighted by Gasteiger charge is 2.12. The number of carboxylic acids is 1. The average molecular weight is 355 g/mol. The van der Waals surface area contributed by atoms with Crippen molar-refractivity contribution in [2.24, 2.45) is 0 Å². The van der Waals surface area contributed by atoms with E-state index < -0.39 is 5.97 Å². The van der Waals surface area contributed by atoms with Crippen molar-refractivity contribution in [3.05, 3.63) is 63.5 Å². The first-order valence-corrected chi connectivity index (χ1v) is 8.50. The molecule has 0 amide bonds. The van der Waals surface area contributed by atoms with Crippen LogP contribution in [0.2, 0.25) is 0 Å². The fourth-order valence-corrected chi connectivity index (χ4v) is 3.44. The highest BCUT2D eigenvalue weighted by atomic mass is 32.1. The van der Waals surface area contributed by atoms with Crippen LogP contribution in [0.1, 0.15) is 26.5 Å². The number of thiazole rings is 1. The molecule has 0 aliphatic heterocycles. The number of hydrogen-bond acceptors (Lipinski definition) is 5. The van der Waals surface area contributed by atoms with Crippen molar-refractivity contribution in [2.75, 3.05) is 7.11 Å². The molecular formula is C19H17NO4S. The molecule has 25 heavy (non-hydrogen) atoms. The topological polar surface area (TPSA) is 79.7 Å². The van der Waals surface area contributed by atoms with Crippen LogP contribution >= 0.6 is 11.3 Å². The first kappa shape index (κ1) is 17.0. The molecule has 3 rings (SSSR count). The minimum atomic E-state index is -1.15. The molecule has 2 aromatic carbocycles. The van der Waals surface area contributed by atoms with Crippen LogP contribution in [-0.2, 0) is 6.42 Å². The predicted molar refractivity (Wildman–Crippen MR) is 96.7 cm³/mol. The third-order valence-corrected chi connectivity index (χ3v) is 4.74. The van der Waals surface area contributed by atoms with E-state index in [2.05, 4.69) is 4.98 Å². The van der Waals surface area contributed by atoms with Crippen LogP contribution in [0.15, 0.2) is 41.8 Å². The highest BCUT2D eigenvalue weighted by Crippen LogP contribution is 2.28. The van der Waals surface area contributed by atoms with Crippen LogP contribution in [0.3, 0.4) is 0 Å². The predicted octanol–water partition coefficient (Wildman–Crippen LogP) is 4.12. The molecule has 3 aromatic rings. The SMILES string of the molecule is COc1ccc(-c2csc(Cc3ccc(O)c(C(=O)O)c3)n2)cc1C. The Morgan fingerprint density at radius 2 is 2.04 bits per heavy atom. The molecule has 1 aromatic heterocycles. The van der Waals surface area contributed by atoms with Gasteiger partial charge in [-0.25, -0.2) is 9.78 Å². The number of carbonyl (C=O) groups is 1. The van der Waals surface area contributed by atoms with Gasteiger partial charge in [0, 0.05) is 17.4 Å². The van der Waals surface area contributed by atoms with Crippen molar-refractivity contribution in [1.82, 2.24) is 4.98 Å². The second-order valence-electron chi connectivity index (χ2n) is 5.64. The fourth-order valence-electron chi connectivity index (χ4n) is 2.60. The molecule has 0 unspecified atom stereocenters. The van der Waals surface area contributed by atoms with Crippen molar-refractivity contribution >= 4 is 17.3 Å². The Bertz CT molecular complexity index is 933. The van der Waals surface area contributed by atoms with Gasteiger partial charge in [-0.15, -0.1) is 11.3 Å². The maximum absolute atomic E-state index is 11.1. The van der Waals surface area contributed by atoms with Crippen LogP contribution < -0.4 is 4.74 Å². The number of phenols is 1. The van der Waals surface area contributed by atoms with Gasteiger partial charge in [0.2, 0.25) is 0 Å². The summed E-state index contributed by atoms with van der Waals surface area (Å²) in [5.74, 6) is -0.540. The van der Waals surface area contributed by atoms with Crippen molar-refractivity contribution in [2.45, 2.75) is 13.3 Å². The minimum Gasteiger partial charge on any atom is -0.507 e. The first-order chi connectivity index (χ1) is 12.0. The van der Waals surface area contributed by atoms with E-state index in [-0.39, 0.29) is 11.3 Å². The molecule has 0 atom stereocenters. The van der Waals surface area contributed by atoms with Gasteiger partial charge in [0.05, 0.1) is 17.8 Å². The highest BCUT2D eigenvalue weighted by molar-refractivity contribution is 7.10. The standard InChI is InChI=1S/C19H17NO4S/c1-11-7-13(4-6-17(11)24-2)15-10-25-18(20-15)9-12-3-5-16(21)14(8-12)19(22)23/h3-8,10,21H,9H2,1-2H3,(H,22,23). The maximum Gasteiger partial charge on any atom is 0.339 e. The number of aromatic nitrogens is 1. The van der Waals surface area contributed by atoms with E-state index in [4.69, 9.17) is 9.84 Å². The molecule has 0 aliphatic rings. The number of aryl methyl sites for hydroxylation is 1. The lowest BCUT2D eigenvalue weighted by Gasteiger charge is -2.05. The summed E-state index contributed by atoms with van der Waals surface area (Å²) in [5, 5.41) is 21.5. The molecule has 0 spiro atoms. The van der Waals surface area contributed by atoms with E-state index in [1.54, 1.807) is 13.2 Å². The Labute approximate surface area is 149 Å². The van der Waals surface area contributed by atoms with E-state index in [9.17, 15) is 9.90 Å². The summed E-state index contributed by atoms with van der Waals surface area (Å²) in [6, 6.07) is 10.5. The quantitative estimate of drug-likeness (QED) is 0.720. The Morgan fingerprint density at radius 1 is 1.24 bits per heavy atom. The zero-order chi connectivity index (χ0) is 18.0. The lowest BCUT2D eigenvalue weighted by atomic mass is 10.1. The fraction of sp³-hybridized carbons (Fsp3) is 0.158. The second kappa shape index (κ2) is 6.94. The number of aromatic hydroxyl groups is 1. The molecule has 0 aliphatic carbocycles. The summed E-state index contributed by atoms with van der Waals surface area (Å²) in [7, 11) is 1.64. The smallest absolute Gasteiger partial charge is 0.339 e. The third kappa shape index (κ3) is 3.64. The van der Waals surface area contributed by atoms with Gasteiger partial charge >= 0.3 is 5.97 Å². The van der Waals surface area contributed by atoms with Crippen molar-refractivity contribution < 1.29 is 19.7 Å². The number of ether oxygens (including phenoxy) is 1. The molecule has 0 radical (unpaired) electrons. The number of carboxylic acid groups (broad SMARTS) is 1. The normalized spacial score (nSPS) is 10.6. The number of methoxy groups -OCH3 is 1. The van der Waals surface area contributed by atoms with Gasteiger partial charge in [-0.2, -0.15) is 0 Å². The molecule has 0 fully saturated rings. The molecule has 0 saturated heterocycles. The monoisotopic (exact) mass is 355 g/mol. The van der Waals surface area contributed by atoms with Gasteiger partial charge < -0.3 is 14.9 Å². The van der Waals surface area contributed by atoms with Gasteiger partial charge in [0.25, 0.3) is 0 Å². The summed E-state index contributed by atoms with van der Waals surface area (Å²) in [6.45, 7) is 1.99. The summed E-state index contributed by atoms with van der Waals surface area (Å²) in [5.41, 5.74) is 3.63. The van der Waals surface area contributed by atoms with E-state index in [0.717, 1.165) is 33.1 Å². The number of aromatic carboxylic acids is 1. The van der Waals surface area contributed by atoms with Gasteiger partial charge in [-0.3, -0.25) is 0 Å². The summed E-state index contributed by atoms with van der Waals surface area (Å²) >= 11 is 1.52. The van der Waals surface area contributed by atoms with Gasteiger partial charge in [0.1, 0.15) is 17.1 Å². The molecule has 0 saturated carbocycles. The van der Waals surface area contributed by atoms with E-state index in [0.29, 0.717) is 6.42 Å². The molecular weight excluding hydrogens is 338 g/mol. The van der Waals surface area contributed by atoms with Crippen LogP contribution in [0.5, 0.6) is 11.5 Å². The maximum atomic E-state index is 11.1. The van der Waals surface area contributed by atoms with Crippen LogP contribution in [0, 0.1) is 6.92 Å². The van der Waals surface area contributed by atoms with Gasteiger partial charge in [-0.1, -0.05) is 6.07 Å². The largest absolute Gasteiger partial charge is 0.507 e. The Balaban J connectivity index is 1.84. The summed E-state index contributed by atoms with van der Waals surface area (Å²) in [4.78, 5) is 15.8. The van der Waals surface area contributed by atoms with Crippen molar-refractivity contribution in [1.29, 1.82) is 0 Å². The number of hydrogen-bond donors (Lipinski definition) is 2. The van der Waals surface area contributed by atoms with Crippen LogP contribution in [-0.4, -0.2) is 28.3 Å². The first-order valence-electron chi connectivity index (χ1n) is 7.62. The molecule has 2 N–H and O–H groups in total. The number of benzene rings is 2.